The first-order chi connectivity index (χ1) is 31.1. The zero-order valence-electron chi connectivity index (χ0n) is 36.7. The van der Waals surface area contributed by atoms with Crippen LogP contribution in [-0.2, 0) is 27.3 Å². The van der Waals surface area contributed by atoms with E-state index in [1.807, 2.05) is 47.4 Å². The van der Waals surface area contributed by atoms with E-state index in [1.165, 1.54) is 5.56 Å². The number of hydrogen-bond donors (Lipinski definition) is 4. The number of β-amino-alcohol motifs (C(OH)–C–C–N with tert-alkyl or cyclic N) is 1. The largest absolute Gasteiger partial charge is 0.395 e. The van der Waals surface area contributed by atoms with Crippen molar-refractivity contribution in [3.63, 3.8) is 0 Å². The van der Waals surface area contributed by atoms with Crippen LogP contribution in [0.1, 0.15) is 96.5 Å². The molecule has 0 radical (unpaired) electrons. The molecule has 0 spiro atoms. The fourth-order valence-electron chi connectivity index (χ4n) is 9.38. The number of unbranched alkanes of at least 4 members (excludes halogenated alkanes) is 2. The summed E-state index contributed by atoms with van der Waals surface area (Å²) < 4.78 is 0. The Morgan fingerprint density at radius 1 is 0.891 bits per heavy atom. The van der Waals surface area contributed by atoms with Gasteiger partial charge in [0.1, 0.15) is 17.7 Å². The second kappa shape index (κ2) is 20.4. The lowest BCUT2D eigenvalue weighted by molar-refractivity contribution is -0.137. The number of carbonyl (C=O) groups excluding carboxylic acids is 4. The van der Waals surface area contributed by atoms with E-state index < -0.39 is 11.9 Å². The molecule has 1 unspecified atom stereocenters. The fraction of sp³-hybridized carbons (Fsp3) is 0.412. The molecule has 1 atom stereocenters. The molecule has 332 valence electrons. The van der Waals surface area contributed by atoms with Crippen molar-refractivity contribution in [3.8, 4) is 11.8 Å². The molecule has 0 saturated carbocycles. The maximum Gasteiger partial charge on any atom is 0.255 e. The molecular formula is C51H58N8O5. The number of benzene rings is 3. The summed E-state index contributed by atoms with van der Waals surface area (Å²) in [5.41, 5.74) is 7.39. The molecule has 5 aliphatic rings. The van der Waals surface area contributed by atoms with Crippen LogP contribution in [0.2, 0.25) is 0 Å². The predicted molar refractivity (Wildman–Crippen MR) is 247 cm³/mol. The van der Waals surface area contributed by atoms with E-state index in [0.29, 0.717) is 56.1 Å². The lowest BCUT2D eigenvalue weighted by Gasteiger charge is -2.38. The second-order valence-corrected chi connectivity index (χ2v) is 17.3. The third-order valence-electron chi connectivity index (χ3n) is 13.0. The molecule has 0 aromatic heterocycles. The highest BCUT2D eigenvalue weighted by Crippen LogP contribution is 2.30. The summed E-state index contributed by atoms with van der Waals surface area (Å²) in [7, 11) is 0. The van der Waals surface area contributed by atoms with Gasteiger partial charge in [-0.1, -0.05) is 72.9 Å². The van der Waals surface area contributed by atoms with E-state index in [1.54, 1.807) is 17.9 Å². The van der Waals surface area contributed by atoms with Crippen LogP contribution in [0.3, 0.4) is 0 Å². The number of allylic oxidation sites excluding steroid dienone is 2. The van der Waals surface area contributed by atoms with Gasteiger partial charge < -0.3 is 30.5 Å². The van der Waals surface area contributed by atoms with Crippen LogP contribution in [0.15, 0.2) is 95.5 Å². The molecule has 13 heteroatoms. The summed E-state index contributed by atoms with van der Waals surface area (Å²) in [6.45, 7) is 7.63. The number of aliphatic hydroxyl groups excluding tert-OH is 1. The molecular weight excluding hydrogens is 805 g/mol. The molecule has 3 fully saturated rings. The number of aryl methyl sites for hydroxylation is 1. The van der Waals surface area contributed by atoms with Crippen molar-refractivity contribution in [2.45, 2.75) is 77.3 Å². The quantitative estimate of drug-likeness (QED) is 0.0800. The van der Waals surface area contributed by atoms with Crippen molar-refractivity contribution >= 4 is 40.6 Å². The van der Waals surface area contributed by atoms with E-state index in [4.69, 9.17) is 10.4 Å². The van der Waals surface area contributed by atoms with E-state index in [2.05, 4.69) is 62.6 Å². The first kappa shape index (κ1) is 44.3. The number of carbonyl (C=O) groups is 4. The van der Waals surface area contributed by atoms with Crippen LogP contribution >= 0.6 is 0 Å². The van der Waals surface area contributed by atoms with Crippen LogP contribution in [0.4, 0.5) is 0 Å². The van der Waals surface area contributed by atoms with Crippen LogP contribution < -0.4 is 10.6 Å². The van der Waals surface area contributed by atoms with Crippen molar-refractivity contribution in [2.75, 3.05) is 52.4 Å². The van der Waals surface area contributed by atoms with E-state index >= 15 is 0 Å². The third kappa shape index (κ3) is 10.4. The van der Waals surface area contributed by atoms with Crippen molar-refractivity contribution < 1.29 is 24.3 Å². The molecule has 3 aromatic carbocycles. The number of amides is 4. The maximum atomic E-state index is 13.2. The number of piperazine rings is 1. The maximum absolute atomic E-state index is 13.2. The number of likely N-dealkylation sites (tertiary alicyclic amines) is 1. The number of rotatable bonds is 13. The standard InChI is InChI=1S/C51H58N8O5/c1-35(52)48(39-12-5-3-6-13-39)49-53-43(33-45(54-49)57-28-26-56(27-29-57)30-31-60)40-15-8-11-37(32-40)10-4-2-7-17-47(62)58-24-22-36(23-25-58)18-19-38-14-9-16-41-42(38)34-59(51(41)64)44-20-21-46(61)55-50(44)63/h3,5-6,8-9,11-16,32-33,36,44,52,54,60H,2,4,7,10,17,20-31,34H2,1H3,(H,55,61,63)/b49-48+,52-35?. The lowest BCUT2D eigenvalue weighted by Crippen LogP contribution is -2.52. The zero-order chi connectivity index (χ0) is 44.6. The highest BCUT2D eigenvalue weighted by atomic mass is 16.3. The van der Waals surface area contributed by atoms with Crippen molar-refractivity contribution in [2.24, 2.45) is 10.9 Å². The number of piperidine rings is 2. The SMILES string of the molecule is CC(=N)/C(=C1/N=C(c2cccc(CCCCCC(=O)N3CCC(C#Cc4cccc5c4CN(C4CCC(=O)NC4=O)C5=O)CC3)c2)C=C(N2CCN(CCO)CC2)N1)c1ccccc1. The monoisotopic (exact) mass is 862 g/mol. The van der Waals surface area contributed by atoms with E-state index in [0.717, 1.165) is 104 Å². The Kier molecular flexibility index (Phi) is 14.1. The zero-order valence-corrected chi connectivity index (χ0v) is 36.7. The van der Waals surface area contributed by atoms with Gasteiger partial charge in [0, 0.05) is 105 Å². The Labute approximate surface area is 375 Å². The average Bonchev–Trinajstić information content (AvgIpc) is 3.64. The first-order valence-corrected chi connectivity index (χ1v) is 22.8. The predicted octanol–water partition coefficient (Wildman–Crippen LogP) is 5.09. The van der Waals surface area contributed by atoms with Gasteiger partial charge in [-0.3, -0.25) is 29.4 Å². The molecule has 3 aromatic rings. The van der Waals surface area contributed by atoms with Gasteiger partial charge in [-0.25, -0.2) is 4.99 Å². The summed E-state index contributed by atoms with van der Waals surface area (Å²) in [5, 5.41) is 24.2. The molecule has 8 rings (SSSR count). The number of nitrogens with zero attached hydrogens (tertiary/aromatic N) is 5. The molecule has 5 aliphatic heterocycles. The normalized spacial score (nSPS) is 20.1. The first-order valence-electron chi connectivity index (χ1n) is 22.8. The molecule has 0 bridgehead atoms. The van der Waals surface area contributed by atoms with Crippen molar-refractivity contribution in [1.82, 2.24) is 30.2 Å². The van der Waals surface area contributed by atoms with E-state index in [-0.39, 0.29) is 36.7 Å². The van der Waals surface area contributed by atoms with Gasteiger partial charge in [0.05, 0.1) is 12.3 Å². The van der Waals surface area contributed by atoms with E-state index in [9.17, 15) is 24.3 Å². The lowest BCUT2D eigenvalue weighted by atomic mass is 9.95. The summed E-state index contributed by atoms with van der Waals surface area (Å²) in [6.07, 6.45) is 8.44. The van der Waals surface area contributed by atoms with Gasteiger partial charge in [-0.2, -0.15) is 0 Å². The minimum Gasteiger partial charge on any atom is -0.395 e. The number of aliphatic hydroxyl groups is 1. The molecule has 5 heterocycles. The highest BCUT2D eigenvalue weighted by Gasteiger charge is 2.40. The van der Waals surface area contributed by atoms with Crippen LogP contribution in [0.25, 0.3) is 5.57 Å². The fourth-order valence-corrected chi connectivity index (χ4v) is 9.38. The molecule has 3 saturated heterocycles. The molecule has 64 heavy (non-hydrogen) atoms. The van der Waals surface area contributed by atoms with Gasteiger partial charge >= 0.3 is 0 Å². The molecule has 4 amide bonds. The third-order valence-corrected chi connectivity index (χ3v) is 13.0. The van der Waals surface area contributed by atoms with Crippen LogP contribution in [0.5, 0.6) is 0 Å². The Bertz CT molecular complexity index is 2430. The Morgan fingerprint density at radius 2 is 1.67 bits per heavy atom. The number of nitrogens with one attached hydrogen (secondary N) is 3. The van der Waals surface area contributed by atoms with Gasteiger partial charge in [0.2, 0.25) is 17.7 Å². The summed E-state index contributed by atoms with van der Waals surface area (Å²) in [5.74, 6) is 7.77. The summed E-state index contributed by atoms with van der Waals surface area (Å²) in [6, 6.07) is 23.4. The summed E-state index contributed by atoms with van der Waals surface area (Å²) in [4.78, 5) is 63.9. The minimum absolute atomic E-state index is 0.152. The molecule has 13 nitrogen and oxygen atoms in total. The summed E-state index contributed by atoms with van der Waals surface area (Å²) >= 11 is 0. The van der Waals surface area contributed by atoms with Gasteiger partial charge in [0.15, 0.2) is 0 Å². The Hall–Kier alpha value is -6.36. The highest BCUT2D eigenvalue weighted by molar-refractivity contribution is 6.23. The number of fused-ring (bicyclic) bond motifs is 1. The second-order valence-electron chi connectivity index (χ2n) is 17.3. The smallest absolute Gasteiger partial charge is 0.255 e. The number of imide groups is 1. The topological polar surface area (TPSA) is 162 Å². The van der Waals surface area contributed by atoms with Gasteiger partial charge in [-0.15, -0.1) is 0 Å². The number of aliphatic imine (C=N–C) groups is 1. The van der Waals surface area contributed by atoms with Gasteiger partial charge in [0.25, 0.3) is 5.91 Å². The Balaban J connectivity index is 0.831. The molecule has 0 aliphatic carbocycles. The van der Waals surface area contributed by atoms with Crippen LogP contribution in [0, 0.1) is 23.2 Å². The van der Waals surface area contributed by atoms with Crippen LogP contribution in [-0.4, -0.2) is 118 Å². The Morgan fingerprint density at radius 3 is 2.42 bits per heavy atom. The van der Waals surface area contributed by atoms with Crippen molar-refractivity contribution in [3.05, 3.63) is 124 Å². The minimum atomic E-state index is -0.660. The van der Waals surface area contributed by atoms with Gasteiger partial charge in [-0.05, 0) is 80.3 Å². The van der Waals surface area contributed by atoms with Crippen molar-refractivity contribution in [1.29, 1.82) is 5.41 Å². The number of hydrogen-bond acceptors (Lipinski definition) is 10. The molecule has 4 N–H and O–H groups in total. The average molecular weight is 863 g/mol.